The van der Waals surface area contributed by atoms with Crippen LogP contribution in [0, 0.1) is 5.92 Å². The van der Waals surface area contributed by atoms with Gasteiger partial charge in [-0.15, -0.1) is 0 Å². The first-order chi connectivity index (χ1) is 12.4. The summed E-state index contributed by atoms with van der Waals surface area (Å²) in [6.07, 6.45) is 5.13. The van der Waals surface area contributed by atoms with Gasteiger partial charge in [0.2, 0.25) is 15.9 Å². The number of nitrogens with zero attached hydrogens (tertiary/aromatic N) is 3. The number of sulfonamides is 1. The first-order valence-electron chi connectivity index (χ1n) is 8.95. The Bertz CT molecular complexity index is 893. The van der Waals surface area contributed by atoms with E-state index in [2.05, 4.69) is 11.9 Å². The molecule has 6 nitrogen and oxygen atoms in total. The zero-order chi connectivity index (χ0) is 18.7. The topological polar surface area (TPSA) is 70.6 Å². The monoisotopic (exact) mass is 375 g/mol. The van der Waals surface area contributed by atoms with Crippen LogP contribution in [0.3, 0.4) is 0 Å². The number of anilines is 1. The Balaban J connectivity index is 1.82. The summed E-state index contributed by atoms with van der Waals surface area (Å²) in [4.78, 5) is 18.8. The van der Waals surface area contributed by atoms with Crippen LogP contribution in [0.4, 0.5) is 5.69 Å². The van der Waals surface area contributed by atoms with E-state index in [0.29, 0.717) is 17.1 Å². The largest absolute Gasteiger partial charge is 0.342 e. The van der Waals surface area contributed by atoms with Gasteiger partial charge in [0, 0.05) is 37.6 Å². The number of aromatic nitrogens is 1. The normalized spacial score (nSPS) is 18.1. The van der Waals surface area contributed by atoms with E-state index in [1.54, 1.807) is 12.3 Å². The highest BCUT2D eigenvalue weighted by molar-refractivity contribution is 7.92. The molecule has 3 rings (SSSR count). The molecule has 1 amide bonds. The molecule has 0 aliphatic carbocycles. The molecule has 2 aromatic rings. The molecule has 0 saturated carbocycles. The SMILES string of the molecule is CC1CCCN(C(=O)CCN(c2cccc3cccnc23)S(C)(=O)=O)C1. The molecule has 26 heavy (non-hydrogen) atoms. The number of piperidine rings is 1. The number of carbonyl (C=O) groups excluding carboxylic acids is 1. The van der Waals surface area contributed by atoms with Crippen LogP contribution < -0.4 is 4.31 Å². The zero-order valence-corrected chi connectivity index (χ0v) is 16.1. The van der Waals surface area contributed by atoms with Gasteiger partial charge in [0.15, 0.2) is 0 Å². The van der Waals surface area contributed by atoms with E-state index in [-0.39, 0.29) is 18.9 Å². The second-order valence-corrected chi connectivity index (χ2v) is 8.93. The lowest BCUT2D eigenvalue weighted by atomic mass is 10.00. The molecule has 1 saturated heterocycles. The number of carbonyl (C=O) groups is 1. The van der Waals surface area contributed by atoms with Crippen LogP contribution in [0.1, 0.15) is 26.2 Å². The summed E-state index contributed by atoms with van der Waals surface area (Å²) in [5.74, 6) is 0.513. The van der Waals surface area contributed by atoms with E-state index in [1.165, 1.54) is 10.6 Å². The minimum Gasteiger partial charge on any atom is -0.342 e. The van der Waals surface area contributed by atoms with Gasteiger partial charge in [0.25, 0.3) is 0 Å². The Morgan fingerprint density at radius 1 is 1.31 bits per heavy atom. The first-order valence-corrected chi connectivity index (χ1v) is 10.8. The van der Waals surface area contributed by atoms with Crippen LogP contribution in [0.25, 0.3) is 10.9 Å². The molecule has 1 aromatic heterocycles. The number of rotatable bonds is 5. The highest BCUT2D eigenvalue weighted by Crippen LogP contribution is 2.27. The van der Waals surface area contributed by atoms with Gasteiger partial charge in [-0.1, -0.05) is 25.1 Å². The van der Waals surface area contributed by atoms with E-state index in [0.717, 1.165) is 31.3 Å². The standard InChI is InChI=1S/C19H25N3O3S/c1-15-6-5-12-21(14-15)18(23)10-13-22(26(2,24)25)17-9-3-7-16-8-4-11-20-19(16)17/h3-4,7-9,11,15H,5-6,10,12-14H2,1-2H3. The number of hydrogen-bond acceptors (Lipinski definition) is 4. The molecule has 1 unspecified atom stereocenters. The van der Waals surface area contributed by atoms with Crippen molar-refractivity contribution >= 4 is 32.5 Å². The number of pyridine rings is 1. The summed E-state index contributed by atoms with van der Waals surface area (Å²) in [5.41, 5.74) is 1.14. The Morgan fingerprint density at radius 2 is 2.08 bits per heavy atom. The van der Waals surface area contributed by atoms with E-state index in [9.17, 15) is 13.2 Å². The molecule has 1 aromatic carbocycles. The van der Waals surface area contributed by atoms with Gasteiger partial charge in [0.05, 0.1) is 17.5 Å². The predicted octanol–water partition coefficient (Wildman–Crippen LogP) is 2.65. The number of hydrogen-bond donors (Lipinski definition) is 0. The molecule has 0 N–H and O–H groups in total. The average molecular weight is 375 g/mol. The highest BCUT2D eigenvalue weighted by atomic mass is 32.2. The predicted molar refractivity (Wildman–Crippen MR) is 104 cm³/mol. The summed E-state index contributed by atoms with van der Waals surface area (Å²) in [6, 6.07) is 9.16. The molecule has 2 heterocycles. The van der Waals surface area contributed by atoms with Gasteiger partial charge in [-0.3, -0.25) is 14.1 Å². The molecule has 7 heteroatoms. The van der Waals surface area contributed by atoms with Crippen LogP contribution in [-0.2, 0) is 14.8 Å². The van der Waals surface area contributed by atoms with Crippen LogP contribution in [0.2, 0.25) is 0 Å². The molecule has 0 spiro atoms. The van der Waals surface area contributed by atoms with E-state index in [1.807, 2.05) is 29.2 Å². The number of benzene rings is 1. The lowest BCUT2D eigenvalue weighted by molar-refractivity contribution is -0.132. The number of para-hydroxylation sites is 1. The molecule has 0 radical (unpaired) electrons. The smallest absolute Gasteiger partial charge is 0.232 e. The Morgan fingerprint density at radius 3 is 2.81 bits per heavy atom. The van der Waals surface area contributed by atoms with E-state index in [4.69, 9.17) is 0 Å². The number of amides is 1. The van der Waals surface area contributed by atoms with Crippen molar-refractivity contribution in [2.45, 2.75) is 26.2 Å². The Kier molecular flexibility index (Phi) is 5.46. The van der Waals surface area contributed by atoms with Crippen molar-refractivity contribution in [3.05, 3.63) is 36.5 Å². The highest BCUT2D eigenvalue weighted by Gasteiger charge is 2.24. The van der Waals surface area contributed by atoms with Crippen molar-refractivity contribution in [3.63, 3.8) is 0 Å². The second-order valence-electron chi connectivity index (χ2n) is 7.02. The zero-order valence-electron chi connectivity index (χ0n) is 15.3. The van der Waals surface area contributed by atoms with Crippen molar-refractivity contribution in [2.24, 2.45) is 5.92 Å². The minimum absolute atomic E-state index is 0.0124. The summed E-state index contributed by atoms with van der Waals surface area (Å²) >= 11 is 0. The molecule has 140 valence electrons. The molecular formula is C19H25N3O3S. The molecule has 1 aliphatic rings. The molecular weight excluding hydrogens is 350 g/mol. The third-order valence-corrected chi connectivity index (χ3v) is 6.00. The van der Waals surface area contributed by atoms with Crippen molar-refractivity contribution in [1.29, 1.82) is 0 Å². The van der Waals surface area contributed by atoms with Crippen LogP contribution >= 0.6 is 0 Å². The van der Waals surface area contributed by atoms with Crippen molar-refractivity contribution < 1.29 is 13.2 Å². The van der Waals surface area contributed by atoms with Crippen LogP contribution in [-0.4, -0.2) is 50.1 Å². The Labute approximate surface area is 154 Å². The third kappa shape index (κ3) is 4.15. The van der Waals surface area contributed by atoms with Gasteiger partial charge < -0.3 is 4.90 Å². The van der Waals surface area contributed by atoms with Crippen LogP contribution in [0.15, 0.2) is 36.5 Å². The van der Waals surface area contributed by atoms with Gasteiger partial charge >= 0.3 is 0 Å². The summed E-state index contributed by atoms with van der Waals surface area (Å²) in [5, 5.41) is 0.870. The van der Waals surface area contributed by atoms with Gasteiger partial charge in [-0.2, -0.15) is 0 Å². The number of likely N-dealkylation sites (tertiary alicyclic amines) is 1. The van der Waals surface area contributed by atoms with Gasteiger partial charge in [-0.25, -0.2) is 8.42 Å². The van der Waals surface area contributed by atoms with Gasteiger partial charge in [0.1, 0.15) is 0 Å². The fourth-order valence-electron chi connectivity index (χ4n) is 3.53. The second kappa shape index (κ2) is 7.61. The third-order valence-electron chi connectivity index (χ3n) is 4.82. The minimum atomic E-state index is -3.52. The first kappa shape index (κ1) is 18.6. The van der Waals surface area contributed by atoms with E-state index >= 15 is 0 Å². The maximum absolute atomic E-state index is 12.6. The fraction of sp³-hybridized carbons (Fsp3) is 0.474. The van der Waals surface area contributed by atoms with Crippen LogP contribution in [0.5, 0.6) is 0 Å². The lowest BCUT2D eigenvalue weighted by Gasteiger charge is -2.32. The molecule has 0 bridgehead atoms. The van der Waals surface area contributed by atoms with Crippen molar-refractivity contribution in [1.82, 2.24) is 9.88 Å². The fourth-order valence-corrected chi connectivity index (χ4v) is 4.45. The molecule has 1 fully saturated rings. The molecule has 1 aliphatic heterocycles. The summed E-state index contributed by atoms with van der Waals surface area (Å²) < 4.78 is 26.1. The summed E-state index contributed by atoms with van der Waals surface area (Å²) in [6.45, 7) is 3.79. The van der Waals surface area contributed by atoms with Crippen molar-refractivity contribution in [2.75, 3.05) is 30.2 Å². The number of fused-ring (bicyclic) bond motifs is 1. The maximum atomic E-state index is 12.6. The lowest BCUT2D eigenvalue weighted by Crippen LogP contribution is -2.41. The maximum Gasteiger partial charge on any atom is 0.232 e. The Hall–Kier alpha value is -2.15. The molecule has 1 atom stereocenters. The summed E-state index contributed by atoms with van der Waals surface area (Å²) in [7, 11) is -3.52. The van der Waals surface area contributed by atoms with E-state index < -0.39 is 10.0 Å². The van der Waals surface area contributed by atoms with Crippen molar-refractivity contribution in [3.8, 4) is 0 Å². The average Bonchev–Trinajstić information content (AvgIpc) is 2.61. The quantitative estimate of drug-likeness (QED) is 0.805. The van der Waals surface area contributed by atoms with Gasteiger partial charge in [-0.05, 0) is 30.9 Å².